The predicted molar refractivity (Wildman–Crippen MR) is 191 cm³/mol. The zero-order valence-corrected chi connectivity index (χ0v) is 25.2. The van der Waals surface area contributed by atoms with Gasteiger partial charge in [-0.15, -0.1) is 0 Å². The molecule has 4 nitrogen and oxygen atoms in total. The number of hydrogen-bond donors (Lipinski definition) is 0. The topological polar surface area (TPSA) is 51.8 Å². The van der Waals surface area contributed by atoms with Gasteiger partial charge in [0.15, 0.2) is 17.5 Å². The fraction of sp³-hybridized carbons (Fsp3) is 0. The van der Waals surface area contributed by atoms with Gasteiger partial charge in [-0.25, -0.2) is 15.0 Å². The molecule has 0 saturated carbocycles. The Labute approximate surface area is 270 Å². The summed E-state index contributed by atoms with van der Waals surface area (Å²) in [5.41, 5.74) is 11.6. The van der Waals surface area contributed by atoms with Gasteiger partial charge in [0.25, 0.3) is 0 Å². The van der Waals surface area contributed by atoms with E-state index in [1.54, 1.807) is 0 Å². The summed E-state index contributed by atoms with van der Waals surface area (Å²) in [7, 11) is 0. The SMILES string of the molecule is c1ccc(-c2nc(-c3ccccc3)nc(-c3cccc(-c4cc5c6c(c4)oc4cccc(c46)-c4cccc6cccc-5c46)c3)n2)cc1. The van der Waals surface area contributed by atoms with Crippen molar-refractivity contribution in [3.05, 3.63) is 152 Å². The molecule has 0 fully saturated rings. The number of fused-ring (bicyclic) bond motifs is 2. The van der Waals surface area contributed by atoms with Crippen LogP contribution >= 0.6 is 0 Å². The minimum Gasteiger partial charge on any atom is -0.456 e. The Kier molecular flexibility index (Phi) is 5.54. The van der Waals surface area contributed by atoms with Crippen LogP contribution in [-0.4, -0.2) is 15.0 Å². The van der Waals surface area contributed by atoms with E-state index < -0.39 is 0 Å². The first-order valence-corrected chi connectivity index (χ1v) is 15.8. The lowest BCUT2D eigenvalue weighted by Gasteiger charge is -2.13. The Morgan fingerprint density at radius 2 is 0.830 bits per heavy atom. The number of benzene rings is 7. The number of furan rings is 1. The van der Waals surface area contributed by atoms with E-state index in [0.717, 1.165) is 44.4 Å². The highest BCUT2D eigenvalue weighted by Gasteiger charge is 2.24. The van der Waals surface area contributed by atoms with Crippen molar-refractivity contribution in [1.29, 1.82) is 0 Å². The molecule has 9 aromatic rings. The molecule has 1 aliphatic rings. The monoisotopic (exact) mass is 599 g/mol. The highest BCUT2D eigenvalue weighted by Crippen LogP contribution is 2.50. The van der Waals surface area contributed by atoms with Crippen LogP contribution in [-0.2, 0) is 0 Å². The Balaban J connectivity index is 1.19. The zero-order valence-electron chi connectivity index (χ0n) is 25.2. The zero-order chi connectivity index (χ0) is 30.9. The van der Waals surface area contributed by atoms with Gasteiger partial charge in [0.1, 0.15) is 11.2 Å². The highest BCUT2D eigenvalue weighted by molar-refractivity contribution is 6.25. The summed E-state index contributed by atoms with van der Waals surface area (Å²) in [5.74, 6) is 1.92. The predicted octanol–water partition coefficient (Wildman–Crippen LogP) is 11.2. The van der Waals surface area contributed by atoms with Gasteiger partial charge in [-0.05, 0) is 68.4 Å². The maximum Gasteiger partial charge on any atom is 0.164 e. The van der Waals surface area contributed by atoms with Crippen LogP contribution in [0, 0.1) is 0 Å². The molecule has 0 bridgehead atoms. The number of hydrogen-bond acceptors (Lipinski definition) is 4. The lowest BCUT2D eigenvalue weighted by molar-refractivity contribution is 0.669. The molecule has 2 heterocycles. The second-order valence-electron chi connectivity index (χ2n) is 12.0. The summed E-state index contributed by atoms with van der Waals surface area (Å²) in [6, 6.07) is 52.7. The normalized spacial score (nSPS) is 11.8. The van der Waals surface area contributed by atoms with Crippen LogP contribution in [0.25, 0.3) is 100 Å². The first-order chi connectivity index (χ1) is 23.3. The molecule has 2 aromatic heterocycles. The molecular formula is C43H25N3O. The van der Waals surface area contributed by atoms with E-state index in [9.17, 15) is 0 Å². The molecule has 0 N–H and O–H groups in total. The third-order valence-corrected chi connectivity index (χ3v) is 9.24. The Hall–Kier alpha value is -6.39. The summed E-state index contributed by atoms with van der Waals surface area (Å²) in [6.07, 6.45) is 0. The van der Waals surface area contributed by atoms with Crippen molar-refractivity contribution < 1.29 is 4.42 Å². The molecule has 218 valence electrons. The van der Waals surface area contributed by atoms with Crippen molar-refractivity contribution in [2.75, 3.05) is 0 Å². The minimum absolute atomic E-state index is 0.630. The van der Waals surface area contributed by atoms with Crippen molar-refractivity contribution in [2.45, 2.75) is 0 Å². The molecule has 47 heavy (non-hydrogen) atoms. The summed E-state index contributed by atoms with van der Waals surface area (Å²) in [5, 5.41) is 4.85. The van der Waals surface area contributed by atoms with Gasteiger partial charge in [0.05, 0.1) is 0 Å². The van der Waals surface area contributed by atoms with Crippen molar-refractivity contribution >= 4 is 32.7 Å². The Morgan fingerprint density at radius 3 is 1.51 bits per heavy atom. The lowest BCUT2D eigenvalue weighted by Crippen LogP contribution is -2.00. The molecule has 10 rings (SSSR count). The van der Waals surface area contributed by atoms with E-state index in [4.69, 9.17) is 19.4 Å². The van der Waals surface area contributed by atoms with Crippen molar-refractivity contribution in [1.82, 2.24) is 15.0 Å². The van der Waals surface area contributed by atoms with Gasteiger partial charge >= 0.3 is 0 Å². The van der Waals surface area contributed by atoms with Gasteiger partial charge in [-0.1, -0.05) is 127 Å². The van der Waals surface area contributed by atoms with Crippen LogP contribution in [0.4, 0.5) is 0 Å². The number of aromatic nitrogens is 3. The van der Waals surface area contributed by atoms with Crippen molar-refractivity contribution in [3.8, 4) is 67.5 Å². The number of nitrogens with zero attached hydrogens (tertiary/aromatic N) is 3. The average molecular weight is 600 g/mol. The molecule has 1 aliphatic carbocycles. The van der Waals surface area contributed by atoms with Crippen LogP contribution in [0.5, 0.6) is 0 Å². The summed E-state index contributed by atoms with van der Waals surface area (Å²) >= 11 is 0. The summed E-state index contributed by atoms with van der Waals surface area (Å²) in [6.45, 7) is 0. The van der Waals surface area contributed by atoms with E-state index in [1.807, 2.05) is 60.7 Å². The summed E-state index contributed by atoms with van der Waals surface area (Å²) < 4.78 is 6.59. The van der Waals surface area contributed by atoms with Gasteiger partial charge in [-0.3, -0.25) is 0 Å². The van der Waals surface area contributed by atoms with Gasteiger partial charge in [0.2, 0.25) is 0 Å². The number of rotatable bonds is 4. The molecule has 4 heteroatoms. The lowest BCUT2D eigenvalue weighted by atomic mass is 9.92. The molecule has 0 atom stereocenters. The van der Waals surface area contributed by atoms with Crippen LogP contribution in [0.15, 0.2) is 156 Å². The molecule has 7 aromatic carbocycles. The average Bonchev–Trinajstić information content (AvgIpc) is 3.48. The Morgan fingerprint density at radius 1 is 0.319 bits per heavy atom. The van der Waals surface area contributed by atoms with Crippen LogP contribution < -0.4 is 0 Å². The summed E-state index contributed by atoms with van der Waals surface area (Å²) in [4.78, 5) is 14.8. The fourth-order valence-corrected chi connectivity index (χ4v) is 7.12. The third-order valence-electron chi connectivity index (χ3n) is 9.24. The largest absolute Gasteiger partial charge is 0.456 e. The molecule has 0 amide bonds. The smallest absolute Gasteiger partial charge is 0.164 e. The van der Waals surface area contributed by atoms with Gasteiger partial charge < -0.3 is 4.42 Å². The highest BCUT2D eigenvalue weighted by atomic mass is 16.3. The van der Waals surface area contributed by atoms with Crippen molar-refractivity contribution in [3.63, 3.8) is 0 Å². The molecule has 0 aliphatic heterocycles. The quantitative estimate of drug-likeness (QED) is 0.202. The maximum absolute atomic E-state index is 6.59. The van der Waals surface area contributed by atoms with Gasteiger partial charge in [-0.2, -0.15) is 0 Å². The molecule has 0 radical (unpaired) electrons. The van der Waals surface area contributed by atoms with Crippen LogP contribution in [0.2, 0.25) is 0 Å². The molecule has 0 unspecified atom stereocenters. The van der Waals surface area contributed by atoms with E-state index in [-0.39, 0.29) is 0 Å². The van der Waals surface area contributed by atoms with E-state index in [2.05, 4.69) is 91.0 Å². The van der Waals surface area contributed by atoms with E-state index in [0.29, 0.717) is 17.5 Å². The first-order valence-electron chi connectivity index (χ1n) is 15.8. The second kappa shape index (κ2) is 10.1. The first kappa shape index (κ1) is 25.9. The minimum atomic E-state index is 0.630. The Bertz CT molecular complexity index is 2610. The van der Waals surface area contributed by atoms with Crippen LogP contribution in [0.3, 0.4) is 0 Å². The molecular weight excluding hydrogens is 574 g/mol. The van der Waals surface area contributed by atoms with Crippen molar-refractivity contribution in [2.24, 2.45) is 0 Å². The maximum atomic E-state index is 6.59. The fourth-order valence-electron chi connectivity index (χ4n) is 7.12. The molecule has 0 saturated heterocycles. The van der Waals surface area contributed by atoms with Crippen LogP contribution in [0.1, 0.15) is 0 Å². The standard InChI is InChI=1S/C43H25N3O/c1-3-11-27(12-4-1)41-44-42(28-13-5-2-6-14-28)46-43(45-41)30-18-7-17-29(23-30)31-24-35-34-20-9-16-26-15-8-19-32(38(26)34)33-21-10-22-36-39(33)40(35)37(25-31)47-36/h1-25H. The third kappa shape index (κ3) is 4.05. The van der Waals surface area contributed by atoms with E-state index in [1.165, 1.54) is 38.4 Å². The second-order valence-corrected chi connectivity index (χ2v) is 12.0. The molecule has 0 spiro atoms. The van der Waals surface area contributed by atoms with E-state index >= 15 is 0 Å². The van der Waals surface area contributed by atoms with Gasteiger partial charge in [0, 0.05) is 27.5 Å².